The summed E-state index contributed by atoms with van der Waals surface area (Å²) in [5.41, 5.74) is -0.319. The van der Waals surface area contributed by atoms with Crippen LogP contribution in [0.5, 0.6) is 34.5 Å². The Hall–Kier alpha value is -6.20. The number of aliphatic hydroxyl groups is 1. The van der Waals surface area contributed by atoms with Crippen molar-refractivity contribution >= 4 is 21.9 Å². The molecular formula is C35H26O11. The second-order valence-corrected chi connectivity index (χ2v) is 10.7. The van der Waals surface area contributed by atoms with Crippen molar-refractivity contribution < 1.29 is 44.2 Å². The zero-order valence-electron chi connectivity index (χ0n) is 24.1. The minimum absolute atomic E-state index is 0.00974. The number of aliphatic hydroxyl groups excluding tert-OH is 1. The van der Waals surface area contributed by atoms with Crippen LogP contribution in [0.3, 0.4) is 0 Å². The van der Waals surface area contributed by atoms with Crippen molar-refractivity contribution in [1.82, 2.24) is 0 Å². The lowest BCUT2D eigenvalue weighted by atomic mass is 9.96. The summed E-state index contributed by atoms with van der Waals surface area (Å²) in [4.78, 5) is 26.3. The Bertz CT molecular complexity index is 2300. The highest BCUT2D eigenvalue weighted by Gasteiger charge is 2.24. The van der Waals surface area contributed by atoms with Crippen molar-refractivity contribution in [1.29, 1.82) is 0 Å². The van der Waals surface area contributed by atoms with Crippen molar-refractivity contribution in [3.05, 3.63) is 105 Å². The van der Waals surface area contributed by atoms with Crippen molar-refractivity contribution in [3.63, 3.8) is 0 Å². The quantitative estimate of drug-likeness (QED) is 0.119. The van der Waals surface area contributed by atoms with Crippen molar-refractivity contribution in [3.8, 4) is 68.3 Å². The van der Waals surface area contributed by atoms with E-state index < -0.39 is 28.5 Å². The van der Waals surface area contributed by atoms with E-state index in [-0.39, 0.29) is 79.8 Å². The predicted molar refractivity (Wildman–Crippen MR) is 169 cm³/mol. The molecule has 2 aromatic heterocycles. The minimum Gasteiger partial charge on any atom is -0.508 e. The van der Waals surface area contributed by atoms with Gasteiger partial charge in [-0.2, -0.15) is 0 Å². The molecule has 1 unspecified atom stereocenters. The van der Waals surface area contributed by atoms with Gasteiger partial charge in [0.05, 0.1) is 5.56 Å². The average Bonchev–Trinajstić information content (AvgIpc) is 2.99. The largest absolute Gasteiger partial charge is 0.508 e. The van der Waals surface area contributed by atoms with Gasteiger partial charge >= 0.3 is 0 Å². The molecule has 11 heteroatoms. The molecule has 0 saturated carbocycles. The van der Waals surface area contributed by atoms with Crippen LogP contribution < -0.4 is 15.6 Å². The molecule has 0 fully saturated rings. The molecule has 0 radical (unpaired) electrons. The lowest BCUT2D eigenvalue weighted by Crippen LogP contribution is -2.18. The number of phenolic OH excluding ortho intramolecular Hbond substituents is 5. The van der Waals surface area contributed by atoms with Crippen LogP contribution in [0.2, 0.25) is 0 Å². The number of benzene rings is 4. The molecular weight excluding hydrogens is 596 g/mol. The zero-order chi connectivity index (χ0) is 32.9. The van der Waals surface area contributed by atoms with Crippen molar-refractivity contribution in [2.45, 2.75) is 13.0 Å². The SMILES string of the molecule is C=C(C)C(O)COc1cc(O)c2c(=O)cc(-c3ccc(O)cc3)oc2c1-c1cc(-c2cc(=O)c3c(O)cc(O)cc3o2)ccc1O. The lowest BCUT2D eigenvalue weighted by Gasteiger charge is -2.18. The second-order valence-electron chi connectivity index (χ2n) is 10.7. The van der Waals surface area contributed by atoms with E-state index in [0.29, 0.717) is 11.1 Å². The third kappa shape index (κ3) is 5.35. The van der Waals surface area contributed by atoms with Gasteiger partial charge in [0.15, 0.2) is 16.4 Å². The molecule has 0 aliphatic heterocycles. The molecule has 11 nitrogen and oxygen atoms in total. The van der Waals surface area contributed by atoms with Gasteiger partial charge in [0.25, 0.3) is 0 Å². The molecule has 1 atom stereocenters. The first-order valence-electron chi connectivity index (χ1n) is 13.8. The molecule has 6 rings (SSSR count). The van der Waals surface area contributed by atoms with E-state index in [4.69, 9.17) is 13.6 Å². The van der Waals surface area contributed by atoms with Crippen LogP contribution in [-0.2, 0) is 0 Å². The summed E-state index contributed by atoms with van der Waals surface area (Å²) in [6.45, 7) is 5.01. The monoisotopic (exact) mass is 622 g/mol. The molecule has 0 aliphatic rings. The van der Waals surface area contributed by atoms with E-state index in [2.05, 4.69) is 6.58 Å². The smallest absolute Gasteiger partial charge is 0.197 e. The van der Waals surface area contributed by atoms with Crippen molar-refractivity contribution in [2.75, 3.05) is 6.61 Å². The fourth-order valence-corrected chi connectivity index (χ4v) is 5.03. The number of phenols is 5. The van der Waals surface area contributed by atoms with Gasteiger partial charge in [-0.15, -0.1) is 0 Å². The highest BCUT2D eigenvalue weighted by molar-refractivity contribution is 6.01. The number of aromatic hydroxyl groups is 5. The van der Waals surface area contributed by atoms with Crippen LogP contribution >= 0.6 is 0 Å². The minimum atomic E-state index is -1.10. The highest BCUT2D eigenvalue weighted by Crippen LogP contribution is 2.46. The van der Waals surface area contributed by atoms with Crippen LogP contribution in [0.15, 0.2) is 103 Å². The Balaban J connectivity index is 1.63. The third-order valence-corrected chi connectivity index (χ3v) is 7.41. The van der Waals surface area contributed by atoms with Crippen LogP contribution in [0.4, 0.5) is 0 Å². The maximum Gasteiger partial charge on any atom is 0.197 e. The Labute approximate surface area is 259 Å². The van der Waals surface area contributed by atoms with Gasteiger partial charge in [0.2, 0.25) is 0 Å². The number of rotatable bonds is 7. The molecule has 0 aliphatic carbocycles. The molecule has 0 saturated heterocycles. The molecule has 6 aromatic rings. The fraction of sp³-hybridized carbons (Fsp3) is 0.0857. The summed E-state index contributed by atoms with van der Waals surface area (Å²) >= 11 is 0. The summed E-state index contributed by atoms with van der Waals surface area (Å²) < 4.78 is 18.0. The maximum atomic E-state index is 13.4. The van der Waals surface area contributed by atoms with Crippen LogP contribution in [-0.4, -0.2) is 43.4 Å². The lowest BCUT2D eigenvalue weighted by molar-refractivity contribution is 0.136. The molecule has 0 spiro atoms. The average molecular weight is 623 g/mol. The molecule has 0 amide bonds. The Morgan fingerprint density at radius 1 is 0.739 bits per heavy atom. The Morgan fingerprint density at radius 3 is 2.07 bits per heavy atom. The van der Waals surface area contributed by atoms with Gasteiger partial charge in [-0.1, -0.05) is 6.58 Å². The van der Waals surface area contributed by atoms with Crippen LogP contribution in [0, 0.1) is 0 Å². The van der Waals surface area contributed by atoms with Gasteiger partial charge in [0, 0.05) is 47.0 Å². The van der Waals surface area contributed by atoms with E-state index in [9.17, 15) is 40.2 Å². The molecule has 6 N–H and O–H groups in total. The first-order valence-corrected chi connectivity index (χ1v) is 13.8. The third-order valence-electron chi connectivity index (χ3n) is 7.41. The summed E-state index contributed by atoms with van der Waals surface area (Å²) in [5, 5.41) is 62.0. The first-order chi connectivity index (χ1) is 21.9. The molecule has 2 heterocycles. The van der Waals surface area contributed by atoms with Gasteiger partial charge in [-0.3, -0.25) is 9.59 Å². The fourth-order valence-electron chi connectivity index (χ4n) is 5.03. The maximum absolute atomic E-state index is 13.4. The van der Waals surface area contributed by atoms with E-state index in [0.717, 1.165) is 18.2 Å². The highest BCUT2D eigenvalue weighted by atomic mass is 16.5. The molecule has 46 heavy (non-hydrogen) atoms. The van der Waals surface area contributed by atoms with Crippen LogP contribution in [0.1, 0.15) is 6.92 Å². The number of fused-ring (bicyclic) bond motifs is 2. The van der Waals surface area contributed by atoms with E-state index in [1.54, 1.807) is 6.92 Å². The number of hydrogen-bond acceptors (Lipinski definition) is 11. The summed E-state index contributed by atoms with van der Waals surface area (Å²) in [7, 11) is 0. The first kappa shape index (κ1) is 29.9. The zero-order valence-corrected chi connectivity index (χ0v) is 24.1. The number of ether oxygens (including phenoxy) is 1. The Morgan fingerprint density at radius 2 is 1.37 bits per heavy atom. The Kier molecular flexibility index (Phi) is 7.38. The van der Waals surface area contributed by atoms with E-state index >= 15 is 0 Å². The standard InChI is InChI=1S/C35H26O11/c1-16(2)27(43)15-44-30-14-26(42)34-25(41)13-28(17-3-6-19(36)7-4-17)46-35(34)32(30)21-9-18(5-8-22(21)38)29-12-24(40)33-23(39)10-20(37)11-31(33)45-29/h3-14,27,36-39,42-43H,1,15H2,2H3. The normalized spacial score (nSPS) is 12.0. The van der Waals surface area contributed by atoms with Gasteiger partial charge < -0.3 is 44.2 Å². The summed E-state index contributed by atoms with van der Waals surface area (Å²) in [6, 6.07) is 15.7. The summed E-state index contributed by atoms with van der Waals surface area (Å²) in [6.07, 6.45) is -1.10. The molecule has 232 valence electrons. The van der Waals surface area contributed by atoms with Gasteiger partial charge in [-0.25, -0.2) is 0 Å². The van der Waals surface area contributed by atoms with E-state index in [1.807, 2.05) is 0 Å². The van der Waals surface area contributed by atoms with Gasteiger partial charge in [-0.05, 0) is 55.0 Å². The molecule has 4 aromatic carbocycles. The molecule has 0 bridgehead atoms. The summed E-state index contributed by atoms with van der Waals surface area (Å²) in [5.74, 6) is -1.58. The number of hydrogen-bond donors (Lipinski definition) is 6. The van der Waals surface area contributed by atoms with Crippen LogP contribution in [0.25, 0.3) is 55.7 Å². The van der Waals surface area contributed by atoms with E-state index in [1.165, 1.54) is 54.6 Å². The second kappa shape index (κ2) is 11.4. The predicted octanol–water partition coefficient (Wildman–Crippen LogP) is 5.74. The topological polar surface area (TPSA) is 191 Å². The van der Waals surface area contributed by atoms with Gasteiger partial charge in [0.1, 0.15) is 75.1 Å². The van der Waals surface area contributed by atoms with Crippen molar-refractivity contribution in [2.24, 2.45) is 0 Å².